The van der Waals surface area contributed by atoms with Gasteiger partial charge in [0.1, 0.15) is 5.75 Å². The molecule has 2 aromatic rings. The van der Waals surface area contributed by atoms with Gasteiger partial charge in [-0.15, -0.1) is 0 Å². The van der Waals surface area contributed by atoms with Crippen LogP contribution in [0.1, 0.15) is 32.3 Å². The molecule has 3 rings (SSSR count). The molecule has 1 aliphatic rings. The van der Waals surface area contributed by atoms with E-state index in [4.69, 9.17) is 4.74 Å². The molecule has 0 radical (unpaired) electrons. The maximum atomic E-state index is 12.6. The Hall–Kier alpha value is -2.91. The van der Waals surface area contributed by atoms with Crippen LogP contribution in [0.25, 0.3) is 0 Å². The Kier molecular flexibility index (Phi) is 7.29. The molecule has 0 saturated carbocycles. The molecule has 0 fully saturated rings. The first kappa shape index (κ1) is 22.8. The van der Waals surface area contributed by atoms with E-state index in [0.717, 1.165) is 11.3 Å². The summed E-state index contributed by atoms with van der Waals surface area (Å²) in [6.07, 6.45) is 1.02. The summed E-state index contributed by atoms with van der Waals surface area (Å²) in [5.74, 6) is 0.436. The molecular formula is C22H27N3O5S. The molecule has 0 aromatic heterocycles. The fourth-order valence-corrected chi connectivity index (χ4v) is 4.48. The molecule has 2 N–H and O–H groups in total. The Bertz CT molecular complexity index is 1050. The van der Waals surface area contributed by atoms with Gasteiger partial charge in [-0.3, -0.25) is 9.59 Å². The van der Waals surface area contributed by atoms with E-state index < -0.39 is 10.0 Å². The zero-order valence-corrected chi connectivity index (χ0v) is 18.5. The SMILES string of the molecule is CCOc1ccc(NC(=O)CCNS(=O)(=O)c2ccc3c(c2)CCN3C(=O)CC)cc1. The summed E-state index contributed by atoms with van der Waals surface area (Å²) in [7, 11) is -3.76. The first-order valence-electron chi connectivity index (χ1n) is 10.3. The number of carbonyl (C=O) groups excluding carboxylic acids is 2. The van der Waals surface area contributed by atoms with E-state index in [1.165, 1.54) is 6.07 Å². The Morgan fingerprint density at radius 3 is 2.52 bits per heavy atom. The zero-order chi connectivity index (χ0) is 22.4. The van der Waals surface area contributed by atoms with Crippen molar-refractivity contribution in [3.8, 4) is 5.75 Å². The summed E-state index contributed by atoms with van der Waals surface area (Å²) >= 11 is 0. The molecule has 0 bridgehead atoms. The predicted molar refractivity (Wildman–Crippen MR) is 119 cm³/mol. The highest BCUT2D eigenvalue weighted by Crippen LogP contribution is 2.30. The lowest BCUT2D eigenvalue weighted by atomic mass is 10.2. The third-order valence-electron chi connectivity index (χ3n) is 4.95. The third-order valence-corrected chi connectivity index (χ3v) is 6.41. The number of anilines is 2. The second kappa shape index (κ2) is 9.93. The summed E-state index contributed by atoms with van der Waals surface area (Å²) in [6.45, 7) is 4.79. The summed E-state index contributed by atoms with van der Waals surface area (Å²) in [6, 6.07) is 11.7. The van der Waals surface area contributed by atoms with E-state index in [-0.39, 0.29) is 29.7 Å². The van der Waals surface area contributed by atoms with Crippen molar-refractivity contribution in [2.45, 2.75) is 38.0 Å². The van der Waals surface area contributed by atoms with Crippen molar-refractivity contribution in [3.63, 3.8) is 0 Å². The van der Waals surface area contributed by atoms with E-state index in [1.54, 1.807) is 48.2 Å². The van der Waals surface area contributed by atoms with Crippen LogP contribution in [0.3, 0.4) is 0 Å². The number of rotatable bonds is 9. The smallest absolute Gasteiger partial charge is 0.240 e. The van der Waals surface area contributed by atoms with Gasteiger partial charge in [-0.25, -0.2) is 13.1 Å². The fraction of sp³-hybridized carbons (Fsp3) is 0.364. The normalized spacial score (nSPS) is 13.0. The van der Waals surface area contributed by atoms with Gasteiger partial charge in [-0.1, -0.05) is 6.92 Å². The molecule has 0 saturated heterocycles. The minimum absolute atomic E-state index is 0.00381. The van der Waals surface area contributed by atoms with E-state index >= 15 is 0 Å². The van der Waals surface area contributed by atoms with E-state index in [1.807, 2.05) is 6.92 Å². The van der Waals surface area contributed by atoms with E-state index in [2.05, 4.69) is 10.0 Å². The van der Waals surface area contributed by atoms with Crippen molar-refractivity contribution < 1.29 is 22.7 Å². The van der Waals surface area contributed by atoms with E-state index in [0.29, 0.717) is 37.4 Å². The largest absolute Gasteiger partial charge is 0.494 e. The minimum Gasteiger partial charge on any atom is -0.494 e. The predicted octanol–water partition coefficient (Wildman–Crippen LogP) is 2.69. The number of hydrogen-bond acceptors (Lipinski definition) is 5. The monoisotopic (exact) mass is 445 g/mol. The number of sulfonamides is 1. The van der Waals surface area contributed by atoms with Gasteiger partial charge in [0.25, 0.3) is 0 Å². The van der Waals surface area contributed by atoms with Crippen LogP contribution in [0.15, 0.2) is 47.4 Å². The number of amides is 2. The molecule has 0 spiro atoms. The van der Waals surface area contributed by atoms with Crippen molar-refractivity contribution in [1.82, 2.24) is 4.72 Å². The minimum atomic E-state index is -3.76. The van der Waals surface area contributed by atoms with Crippen LogP contribution < -0.4 is 19.7 Å². The molecule has 1 aliphatic heterocycles. The van der Waals surface area contributed by atoms with Gasteiger partial charge in [0, 0.05) is 37.3 Å². The Morgan fingerprint density at radius 2 is 1.84 bits per heavy atom. The molecule has 0 aliphatic carbocycles. The molecule has 2 amide bonds. The first-order valence-corrected chi connectivity index (χ1v) is 11.8. The summed E-state index contributed by atoms with van der Waals surface area (Å²) in [4.78, 5) is 25.9. The highest BCUT2D eigenvalue weighted by molar-refractivity contribution is 7.89. The lowest BCUT2D eigenvalue weighted by Gasteiger charge is -2.16. The highest BCUT2D eigenvalue weighted by atomic mass is 32.2. The molecular weight excluding hydrogens is 418 g/mol. The number of fused-ring (bicyclic) bond motifs is 1. The lowest BCUT2D eigenvalue weighted by Crippen LogP contribution is -2.28. The average molecular weight is 446 g/mol. The van der Waals surface area contributed by atoms with Crippen molar-refractivity contribution in [1.29, 1.82) is 0 Å². The number of carbonyl (C=O) groups is 2. The van der Waals surface area contributed by atoms with Gasteiger partial charge in [0.15, 0.2) is 0 Å². The quantitative estimate of drug-likeness (QED) is 0.618. The van der Waals surface area contributed by atoms with Crippen LogP contribution in [0, 0.1) is 0 Å². The number of benzene rings is 2. The number of nitrogens with one attached hydrogen (secondary N) is 2. The molecule has 0 unspecified atom stereocenters. The topological polar surface area (TPSA) is 105 Å². The molecule has 0 atom stereocenters. The molecule has 166 valence electrons. The van der Waals surface area contributed by atoms with Gasteiger partial charge in [0.2, 0.25) is 21.8 Å². The second-order valence-corrected chi connectivity index (χ2v) is 8.86. The van der Waals surface area contributed by atoms with Gasteiger partial charge < -0.3 is 15.0 Å². The van der Waals surface area contributed by atoms with Crippen LogP contribution in [0.4, 0.5) is 11.4 Å². The zero-order valence-electron chi connectivity index (χ0n) is 17.7. The molecule has 2 aromatic carbocycles. The average Bonchev–Trinajstić information content (AvgIpc) is 3.18. The van der Waals surface area contributed by atoms with Crippen molar-refractivity contribution >= 4 is 33.2 Å². The Balaban J connectivity index is 1.54. The summed E-state index contributed by atoms with van der Waals surface area (Å²) in [5, 5.41) is 2.73. The summed E-state index contributed by atoms with van der Waals surface area (Å²) in [5.41, 5.74) is 2.21. The standard InChI is InChI=1S/C22H27N3O5S/c1-3-22(27)25-14-12-16-15-19(9-10-20(16)25)31(28,29)23-13-11-21(26)24-17-5-7-18(8-6-17)30-4-2/h5-10,15,23H,3-4,11-14H2,1-2H3,(H,24,26). The fourth-order valence-electron chi connectivity index (χ4n) is 3.40. The van der Waals surface area contributed by atoms with Gasteiger partial charge in [-0.05, 0) is 61.4 Å². The van der Waals surface area contributed by atoms with Crippen LogP contribution in [0.5, 0.6) is 5.75 Å². The highest BCUT2D eigenvalue weighted by Gasteiger charge is 2.25. The number of nitrogens with zero attached hydrogens (tertiary/aromatic N) is 1. The van der Waals surface area contributed by atoms with Crippen molar-refractivity contribution in [3.05, 3.63) is 48.0 Å². The third kappa shape index (κ3) is 5.62. The van der Waals surface area contributed by atoms with Crippen LogP contribution in [-0.2, 0) is 26.0 Å². The Morgan fingerprint density at radius 1 is 1.10 bits per heavy atom. The van der Waals surface area contributed by atoms with Crippen molar-refractivity contribution in [2.75, 3.05) is 29.9 Å². The molecule has 31 heavy (non-hydrogen) atoms. The van der Waals surface area contributed by atoms with Gasteiger partial charge >= 0.3 is 0 Å². The number of ether oxygens (including phenoxy) is 1. The lowest BCUT2D eigenvalue weighted by molar-refractivity contribution is -0.118. The second-order valence-electron chi connectivity index (χ2n) is 7.09. The molecule has 1 heterocycles. The maximum Gasteiger partial charge on any atom is 0.240 e. The number of hydrogen-bond donors (Lipinski definition) is 2. The Labute approximate surface area is 182 Å². The maximum absolute atomic E-state index is 12.6. The van der Waals surface area contributed by atoms with Gasteiger partial charge in [-0.2, -0.15) is 0 Å². The molecule has 9 heteroatoms. The molecule has 8 nitrogen and oxygen atoms in total. The van der Waals surface area contributed by atoms with Crippen LogP contribution >= 0.6 is 0 Å². The van der Waals surface area contributed by atoms with Crippen LogP contribution in [-0.4, -0.2) is 39.9 Å². The van der Waals surface area contributed by atoms with Crippen LogP contribution in [0.2, 0.25) is 0 Å². The first-order chi connectivity index (χ1) is 14.8. The van der Waals surface area contributed by atoms with Gasteiger partial charge in [0.05, 0.1) is 11.5 Å². The van der Waals surface area contributed by atoms with Crippen molar-refractivity contribution in [2.24, 2.45) is 0 Å². The summed E-state index contributed by atoms with van der Waals surface area (Å²) < 4.78 is 33.0. The van der Waals surface area contributed by atoms with E-state index in [9.17, 15) is 18.0 Å².